The summed E-state index contributed by atoms with van der Waals surface area (Å²) in [6.45, 7) is 1.51. The summed E-state index contributed by atoms with van der Waals surface area (Å²) in [5.74, 6) is 1.48. The van der Waals surface area contributed by atoms with Gasteiger partial charge in [-0.15, -0.1) is 0 Å². The third-order valence-corrected chi connectivity index (χ3v) is 3.30. The molecule has 0 N–H and O–H groups in total. The number of esters is 1. The van der Waals surface area contributed by atoms with Crippen molar-refractivity contribution in [3.05, 3.63) is 0 Å². The maximum atomic E-state index is 10.7. The van der Waals surface area contributed by atoms with Crippen molar-refractivity contribution in [1.29, 1.82) is 0 Å². The van der Waals surface area contributed by atoms with Gasteiger partial charge in [-0.2, -0.15) is 0 Å². The maximum Gasteiger partial charge on any atom is 0.302 e. The molecule has 0 heterocycles. The first kappa shape index (κ1) is 8.09. The highest BCUT2D eigenvalue weighted by molar-refractivity contribution is 5.66. The van der Waals surface area contributed by atoms with Gasteiger partial charge in [0.2, 0.25) is 0 Å². The Hall–Kier alpha value is -0.530. The van der Waals surface area contributed by atoms with E-state index in [-0.39, 0.29) is 12.1 Å². The number of hydrogen-bond acceptors (Lipinski definition) is 2. The van der Waals surface area contributed by atoms with Crippen LogP contribution in [0.25, 0.3) is 0 Å². The Morgan fingerprint density at radius 2 is 2.08 bits per heavy atom. The average molecular weight is 168 g/mol. The number of hydrogen-bond donors (Lipinski definition) is 0. The lowest BCUT2D eigenvalue weighted by Gasteiger charge is -2.46. The second-order valence-electron chi connectivity index (χ2n) is 4.09. The van der Waals surface area contributed by atoms with Crippen LogP contribution in [0.3, 0.4) is 0 Å². The summed E-state index contributed by atoms with van der Waals surface area (Å²) in [6.07, 6.45) is 6.76. The topological polar surface area (TPSA) is 26.3 Å². The van der Waals surface area contributed by atoms with Crippen molar-refractivity contribution in [2.45, 2.75) is 45.1 Å². The summed E-state index contributed by atoms with van der Waals surface area (Å²) < 4.78 is 5.22. The highest BCUT2D eigenvalue weighted by atomic mass is 16.5. The van der Waals surface area contributed by atoms with Crippen LogP contribution >= 0.6 is 0 Å². The van der Waals surface area contributed by atoms with Gasteiger partial charge in [-0.3, -0.25) is 4.79 Å². The summed E-state index contributed by atoms with van der Waals surface area (Å²) in [7, 11) is 0. The van der Waals surface area contributed by atoms with E-state index in [1.807, 2.05) is 0 Å². The minimum atomic E-state index is -0.107. The molecule has 3 unspecified atom stereocenters. The summed E-state index contributed by atoms with van der Waals surface area (Å²) >= 11 is 0. The molecule has 0 aromatic heterocycles. The van der Waals surface area contributed by atoms with Gasteiger partial charge < -0.3 is 4.74 Å². The molecule has 0 aromatic carbocycles. The summed E-state index contributed by atoms with van der Waals surface area (Å²) in [6, 6.07) is 0. The normalized spacial score (nSPS) is 39.6. The molecule has 2 fully saturated rings. The Kier molecular flexibility index (Phi) is 2.07. The van der Waals surface area contributed by atoms with E-state index in [1.165, 1.54) is 32.6 Å². The fourth-order valence-corrected chi connectivity index (χ4v) is 2.64. The predicted octanol–water partition coefficient (Wildman–Crippen LogP) is 2.13. The predicted molar refractivity (Wildman–Crippen MR) is 45.6 cm³/mol. The van der Waals surface area contributed by atoms with Crippen LogP contribution in [0.5, 0.6) is 0 Å². The van der Waals surface area contributed by atoms with Crippen molar-refractivity contribution < 1.29 is 9.53 Å². The van der Waals surface area contributed by atoms with Gasteiger partial charge >= 0.3 is 5.97 Å². The zero-order valence-electron chi connectivity index (χ0n) is 7.58. The highest BCUT2D eigenvalue weighted by Crippen LogP contribution is 2.46. The SMILES string of the molecule is CC(=O)OC1CC2CCCCC21. The number of carbonyl (C=O) groups is 1. The quantitative estimate of drug-likeness (QED) is 0.561. The molecule has 2 nitrogen and oxygen atoms in total. The van der Waals surface area contributed by atoms with Crippen molar-refractivity contribution >= 4 is 5.97 Å². The molecule has 12 heavy (non-hydrogen) atoms. The van der Waals surface area contributed by atoms with Crippen LogP contribution in [0.2, 0.25) is 0 Å². The third-order valence-electron chi connectivity index (χ3n) is 3.30. The van der Waals surface area contributed by atoms with Gasteiger partial charge in [0.15, 0.2) is 0 Å². The van der Waals surface area contributed by atoms with Crippen LogP contribution in [-0.4, -0.2) is 12.1 Å². The molecule has 0 bridgehead atoms. The van der Waals surface area contributed by atoms with Gasteiger partial charge in [0.25, 0.3) is 0 Å². The molecule has 0 amide bonds. The van der Waals surface area contributed by atoms with Gasteiger partial charge in [0.1, 0.15) is 6.10 Å². The van der Waals surface area contributed by atoms with Crippen LogP contribution in [0, 0.1) is 11.8 Å². The van der Waals surface area contributed by atoms with Crippen molar-refractivity contribution in [1.82, 2.24) is 0 Å². The van der Waals surface area contributed by atoms with Crippen LogP contribution < -0.4 is 0 Å². The lowest BCUT2D eigenvalue weighted by Crippen LogP contribution is -2.45. The van der Waals surface area contributed by atoms with Gasteiger partial charge in [-0.05, 0) is 31.1 Å². The van der Waals surface area contributed by atoms with Crippen LogP contribution in [-0.2, 0) is 9.53 Å². The van der Waals surface area contributed by atoms with Crippen LogP contribution in [0.4, 0.5) is 0 Å². The van der Waals surface area contributed by atoms with Crippen molar-refractivity contribution in [2.24, 2.45) is 11.8 Å². The molecule has 68 valence electrons. The number of fused-ring (bicyclic) bond motifs is 1. The molecule has 0 saturated heterocycles. The fourth-order valence-electron chi connectivity index (χ4n) is 2.64. The average Bonchev–Trinajstić information content (AvgIpc) is 2.00. The standard InChI is InChI=1S/C10H16O2/c1-7(11)12-10-6-8-4-2-3-5-9(8)10/h8-10H,2-6H2,1H3. The van der Waals surface area contributed by atoms with Gasteiger partial charge in [0, 0.05) is 6.92 Å². The first-order chi connectivity index (χ1) is 5.77. The second-order valence-corrected chi connectivity index (χ2v) is 4.09. The molecule has 3 atom stereocenters. The Balaban J connectivity index is 1.84. The first-order valence-electron chi connectivity index (χ1n) is 4.94. The van der Waals surface area contributed by atoms with E-state index in [2.05, 4.69) is 0 Å². The molecule has 2 saturated carbocycles. The Morgan fingerprint density at radius 1 is 1.33 bits per heavy atom. The second kappa shape index (κ2) is 3.08. The zero-order chi connectivity index (χ0) is 8.55. The zero-order valence-corrected chi connectivity index (χ0v) is 7.58. The van der Waals surface area contributed by atoms with Gasteiger partial charge in [-0.25, -0.2) is 0 Å². The fraction of sp³-hybridized carbons (Fsp3) is 0.900. The largest absolute Gasteiger partial charge is 0.462 e. The van der Waals surface area contributed by atoms with E-state index in [0.29, 0.717) is 5.92 Å². The van der Waals surface area contributed by atoms with E-state index in [9.17, 15) is 4.79 Å². The summed E-state index contributed by atoms with van der Waals surface area (Å²) in [5, 5.41) is 0. The molecule has 2 heteroatoms. The molecule has 0 aromatic rings. The number of ether oxygens (including phenoxy) is 1. The Labute approximate surface area is 73.3 Å². The molecule has 0 spiro atoms. The Morgan fingerprint density at radius 3 is 2.75 bits per heavy atom. The highest BCUT2D eigenvalue weighted by Gasteiger charge is 2.43. The molecule has 0 radical (unpaired) electrons. The molecule has 2 aliphatic carbocycles. The van der Waals surface area contributed by atoms with Gasteiger partial charge in [-0.1, -0.05) is 12.8 Å². The third kappa shape index (κ3) is 1.35. The molecular weight excluding hydrogens is 152 g/mol. The van der Waals surface area contributed by atoms with Crippen molar-refractivity contribution in [3.8, 4) is 0 Å². The molecular formula is C10H16O2. The van der Waals surface area contributed by atoms with E-state index in [1.54, 1.807) is 0 Å². The number of carbonyl (C=O) groups excluding carboxylic acids is 1. The van der Waals surface area contributed by atoms with E-state index < -0.39 is 0 Å². The van der Waals surface area contributed by atoms with E-state index in [4.69, 9.17) is 4.74 Å². The van der Waals surface area contributed by atoms with Crippen LogP contribution in [0.1, 0.15) is 39.0 Å². The van der Waals surface area contributed by atoms with Crippen molar-refractivity contribution in [2.75, 3.05) is 0 Å². The van der Waals surface area contributed by atoms with Crippen LogP contribution in [0.15, 0.2) is 0 Å². The maximum absolute atomic E-state index is 10.7. The lowest BCUT2D eigenvalue weighted by molar-refractivity contribution is -0.163. The van der Waals surface area contributed by atoms with Crippen molar-refractivity contribution in [3.63, 3.8) is 0 Å². The lowest BCUT2D eigenvalue weighted by atomic mass is 9.63. The number of rotatable bonds is 1. The first-order valence-corrected chi connectivity index (χ1v) is 4.94. The minimum Gasteiger partial charge on any atom is -0.462 e. The minimum absolute atomic E-state index is 0.107. The monoisotopic (exact) mass is 168 g/mol. The molecule has 0 aliphatic heterocycles. The van der Waals surface area contributed by atoms with E-state index >= 15 is 0 Å². The smallest absolute Gasteiger partial charge is 0.302 e. The molecule has 2 rings (SSSR count). The Bertz CT molecular complexity index is 188. The van der Waals surface area contributed by atoms with E-state index in [0.717, 1.165) is 12.3 Å². The molecule has 2 aliphatic rings. The van der Waals surface area contributed by atoms with Gasteiger partial charge in [0.05, 0.1) is 0 Å². The summed E-state index contributed by atoms with van der Waals surface area (Å²) in [4.78, 5) is 10.7. The summed E-state index contributed by atoms with van der Waals surface area (Å²) in [5.41, 5.74) is 0.